The lowest BCUT2D eigenvalue weighted by Gasteiger charge is -2.30. The first-order valence-corrected chi connectivity index (χ1v) is 7.28. The van der Waals surface area contributed by atoms with Crippen LogP contribution in [0.3, 0.4) is 0 Å². The van der Waals surface area contributed by atoms with Crippen LogP contribution < -0.4 is 0 Å². The number of hydrogen-bond acceptors (Lipinski definition) is 0. The summed E-state index contributed by atoms with van der Waals surface area (Å²) in [5.74, 6) is 2.87. The molecule has 0 radical (unpaired) electrons. The Morgan fingerprint density at radius 1 is 1.18 bits per heavy atom. The summed E-state index contributed by atoms with van der Waals surface area (Å²) in [6.07, 6.45) is 5.41. The lowest BCUT2D eigenvalue weighted by molar-refractivity contribution is 0.302. The van der Waals surface area contributed by atoms with E-state index in [9.17, 15) is 0 Å². The minimum Gasteiger partial charge on any atom is -0.126 e. The first-order valence-electron chi connectivity index (χ1n) is 6.75. The molecule has 1 aromatic carbocycles. The molecule has 2 aliphatic carbocycles. The molecule has 0 aromatic heterocycles. The van der Waals surface area contributed by atoms with Gasteiger partial charge in [-0.25, -0.2) is 0 Å². The van der Waals surface area contributed by atoms with Gasteiger partial charge in [-0.05, 0) is 73.5 Å². The van der Waals surface area contributed by atoms with E-state index in [1.54, 1.807) is 5.56 Å². The van der Waals surface area contributed by atoms with E-state index in [1.165, 1.54) is 36.8 Å². The molecule has 0 amide bonds. The summed E-state index contributed by atoms with van der Waals surface area (Å²) >= 11 is 6.31. The van der Waals surface area contributed by atoms with Gasteiger partial charge >= 0.3 is 0 Å². The Labute approximate surface area is 109 Å². The fraction of sp³-hybridized carbons (Fsp3) is 0.625. The molecule has 0 N–H and O–H groups in total. The van der Waals surface area contributed by atoms with E-state index in [0.717, 1.165) is 17.7 Å². The lowest BCUT2D eigenvalue weighted by Crippen LogP contribution is -2.24. The summed E-state index contributed by atoms with van der Waals surface area (Å²) in [6.45, 7) is 4.47. The summed E-state index contributed by atoms with van der Waals surface area (Å²) in [6, 6.07) is 6.63. The van der Waals surface area contributed by atoms with Crippen LogP contribution >= 0.6 is 11.6 Å². The number of fused-ring (bicyclic) bond motifs is 1. The van der Waals surface area contributed by atoms with Crippen molar-refractivity contribution in [1.29, 1.82) is 0 Å². The molecule has 0 heterocycles. The van der Waals surface area contributed by atoms with Crippen molar-refractivity contribution in [1.82, 2.24) is 0 Å². The first-order chi connectivity index (χ1) is 8.13. The maximum absolute atomic E-state index is 6.31. The van der Waals surface area contributed by atoms with Crippen molar-refractivity contribution in [3.05, 3.63) is 34.9 Å². The summed E-state index contributed by atoms with van der Waals surface area (Å²) in [5.41, 5.74) is 4.84. The van der Waals surface area contributed by atoms with Gasteiger partial charge in [-0.1, -0.05) is 18.2 Å². The number of hydrogen-bond donors (Lipinski definition) is 0. The molecule has 2 aliphatic rings. The highest BCUT2D eigenvalue weighted by atomic mass is 35.5. The number of halogens is 1. The molecule has 0 spiro atoms. The first kappa shape index (κ1) is 11.6. The third kappa shape index (κ3) is 2.01. The highest BCUT2D eigenvalue weighted by Crippen LogP contribution is 2.61. The Bertz CT molecular complexity index is 405. The van der Waals surface area contributed by atoms with Gasteiger partial charge in [0.2, 0.25) is 0 Å². The lowest BCUT2D eigenvalue weighted by atomic mass is 9.77. The summed E-state index contributed by atoms with van der Waals surface area (Å²) in [4.78, 5) is 0. The molecule has 92 valence electrons. The topological polar surface area (TPSA) is 0 Å². The van der Waals surface area contributed by atoms with Crippen molar-refractivity contribution in [3.63, 3.8) is 0 Å². The molecule has 2 atom stereocenters. The maximum Gasteiger partial charge on any atom is 0.0283 e. The van der Waals surface area contributed by atoms with Crippen LogP contribution in [0.25, 0.3) is 0 Å². The summed E-state index contributed by atoms with van der Waals surface area (Å²) < 4.78 is 0. The monoisotopic (exact) mass is 248 g/mol. The molecule has 17 heavy (non-hydrogen) atoms. The zero-order valence-electron chi connectivity index (χ0n) is 10.8. The largest absolute Gasteiger partial charge is 0.126 e. The Balaban J connectivity index is 1.86. The average Bonchev–Trinajstić information content (AvgIpc) is 2.93. The minimum absolute atomic E-state index is 0.409. The molecule has 2 fully saturated rings. The van der Waals surface area contributed by atoms with E-state index in [0.29, 0.717) is 5.41 Å². The van der Waals surface area contributed by atoms with Crippen LogP contribution in [-0.4, -0.2) is 5.88 Å². The number of aryl methyl sites for hydroxylation is 2. The van der Waals surface area contributed by atoms with Crippen molar-refractivity contribution in [3.8, 4) is 0 Å². The van der Waals surface area contributed by atoms with E-state index in [1.807, 2.05) is 0 Å². The standard InChI is InChI=1S/C16H21Cl/c1-11-4-3-5-12(2)15(11)9-16(10-17)7-13-6-14(13)8-16/h3-5,13-14H,6-10H2,1-2H3. The number of benzene rings is 1. The van der Waals surface area contributed by atoms with Gasteiger partial charge < -0.3 is 0 Å². The van der Waals surface area contributed by atoms with Gasteiger partial charge in [-0.15, -0.1) is 11.6 Å². The number of rotatable bonds is 3. The van der Waals surface area contributed by atoms with Gasteiger partial charge in [-0.2, -0.15) is 0 Å². The Morgan fingerprint density at radius 3 is 2.29 bits per heavy atom. The highest BCUT2D eigenvalue weighted by molar-refractivity contribution is 6.18. The maximum atomic E-state index is 6.31. The van der Waals surface area contributed by atoms with Crippen LogP contribution in [0.2, 0.25) is 0 Å². The molecule has 0 nitrogen and oxygen atoms in total. The van der Waals surface area contributed by atoms with Crippen LogP contribution in [0.15, 0.2) is 18.2 Å². The van der Waals surface area contributed by atoms with Crippen molar-refractivity contribution in [2.45, 2.75) is 39.5 Å². The molecule has 0 saturated heterocycles. The van der Waals surface area contributed by atoms with Crippen molar-refractivity contribution in [2.24, 2.45) is 17.3 Å². The van der Waals surface area contributed by atoms with Crippen LogP contribution in [-0.2, 0) is 6.42 Å². The molecule has 1 heteroatoms. The second-order valence-electron chi connectivity index (χ2n) is 6.34. The van der Waals surface area contributed by atoms with Gasteiger partial charge in [0.25, 0.3) is 0 Å². The fourth-order valence-electron chi connectivity index (χ4n) is 3.81. The van der Waals surface area contributed by atoms with E-state index in [-0.39, 0.29) is 0 Å². The Kier molecular flexibility index (Phi) is 2.74. The van der Waals surface area contributed by atoms with Crippen LogP contribution in [0.1, 0.15) is 36.0 Å². The predicted octanol–water partition coefficient (Wildman–Crippen LogP) is 4.50. The molecular weight excluding hydrogens is 228 g/mol. The van der Waals surface area contributed by atoms with Gasteiger partial charge in [-0.3, -0.25) is 0 Å². The zero-order valence-corrected chi connectivity index (χ0v) is 11.6. The Hall–Kier alpha value is -0.490. The van der Waals surface area contributed by atoms with Crippen molar-refractivity contribution in [2.75, 3.05) is 5.88 Å². The highest BCUT2D eigenvalue weighted by Gasteiger charge is 2.53. The van der Waals surface area contributed by atoms with Gasteiger partial charge in [0.05, 0.1) is 0 Å². The van der Waals surface area contributed by atoms with Crippen molar-refractivity contribution < 1.29 is 0 Å². The Morgan fingerprint density at radius 2 is 1.76 bits per heavy atom. The van der Waals surface area contributed by atoms with Gasteiger partial charge in [0.1, 0.15) is 0 Å². The summed E-state index contributed by atoms with van der Waals surface area (Å²) in [7, 11) is 0. The van der Waals surface area contributed by atoms with E-state index >= 15 is 0 Å². The molecule has 1 aromatic rings. The predicted molar refractivity (Wildman–Crippen MR) is 73.6 cm³/mol. The normalized spacial score (nSPS) is 34.8. The fourth-order valence-corrected chi connectivity index (χ4v) is 4.12. The van der Waals surface area contributed by atoms with E-state index in [4.69, 9.17) is 11.6 Å². The smallest absolute Gasteiger partial charge is 0.0283 e. The second-order valence-corrected chi connectivity index (χ2v) is 6.61. The molecule has 2 unspecified atom stereocenters. The molecule has 0 bridgehead atoms. The molecule has 3 rings (SSSR count). The molecule has 0 aliphatic heterocycles. The second kappa shape index (κ2) is 4.02. The van der Waals surface area contributed by atoms with E-state index in [2.05, 4.69) is 32.0 Å². The summed E-state index contributed by atoms with van der Waals surface area (Å²) in [5, 5.41) is 0. The minimum atomic E-state index is 0.409. The number of alkyl halides is 1. The van der Waals surface area contributed by atoms with Crippen LogP contribution in [0.4, 0.5) is 0 Å². The van der Waals surface area contributed by atoms with Crippen LogP contribution in [0, 0.1) is 31.1 Å². The van der Waals surface area contributed by atoms with Crippen LogP contribution in [0.5, 0.6) is 0 Å². The van der Waals surface area contributed by atoms with Gasteiger partial charge in [0, 0.05) is 5.88 Å². The van der Waals surface area contributed by atoms with Gasteiger partial charge in [0.15, 0.2) is 0 Å². The third-order valence-electron chi connectivity index (χ3n) is 4.94. The zero-order chi connectivity index (χ0) is 12.0. The quantitative estimate of drug-likeness (QED) is 0.691. The molecule has 2 saturated carbocycles. The van der Waals surface area contributed by atoms with Crippen molar-refractivity contribution >= 4 is 11.6 Å². The van der Waals surface area contributed by atoms with E-state index < -0.39 is 0 Å². The molecular formula is C16H21Cl. The average molecular weight is 249 g/mol. The SMILES string of the molecule is Cc1cccc(C)c1CC1(CCl)CC2CC2C1. The third-order valence-corrected chi connectivity index (χ3v) is 5.51.